The van der Waals surface area contributed by atoms with Crippen molar-refractivity contribution in [1.82, 2.24) is 9.78 Å². The van der Waals surface area contributed by atoms with Gasteiger partial charge in [-0.25, -0.2) is 9.07 Å². The standard InChI is InChI=1S/C18H18FN3S/c19-15-8-1-2-9-17(15)22-18-14(7-3-4-10-20-18)16(21-22)12-13-6-5-11-23-13/h1-2,5-6,8-9,11,20H,3-4,7,10,12H2. The first-order chi connectivity index (χ1) is 11.3. The monoisotopic (exact) mass is 327 g/mol. The van der Waals surface area contributed by atoms with Gasteiger partial charge in [0.1, 0.15) is 17.3 Å². The van der Waals surface area contributed by atoms with Crippen molar-refractivity contribution in [3.63, 3.8) is 0 Å². The lowest BCUT2D eigenvalue weighted by atomic mass is 10.1. The summed E-state index contributed by atoms with van der Waals surface area (Å²) in [5, 5.41) is 10.3. The number of hydrogen-bond acceptors (Lipinski definition) is 3. The molecule has 1 N–H and O–H groups in total. The van der Waals surface area contributed by atoms with Crippen LogP contribution >= 0.6 is 11.3 Å². The van der Waals surface area contributed by atoms with Gasteiger partial charge in [0.05, 0.1) is 5.69 Å². The second-order valence-electron chi connectivity index (χ2n) is 5.78. The fourth-order valence-electron chi connectivity index (χ4n) is 3.09. The Morgan fingerprint density at radius 1 is 1.17 bits per heavy atom. The van der Waals surface area contributed by atoms with Crippen molar-refractivity contribution in [3.05, 3.63) is 63.7 Å². The summed E-state index contributed by atoms with van der Waals surface area (Å²) in [4.78, 5) is 1.29. The predicted octanol–water partition coefficient (Wildman–Crippen LogP) is 4.41. The maximum Gasteiger partial charge on any atom is 0.148 e. The molecule has 1 aromatic carbocycles. The van der Waals surface area contributed by atoms with Crippen molar-refractivity contribution in [2.75, 3.05) is 11.9 Å². The predicted molar refractivity (Wildman–Crippen MR) is 92.1 cm³/mol. The van der Waals surface area contributed by atoms with Crippen molar-refractivity contribution in [3.8, 4) is 5.69 Å². The Bertz CT molecular complexity index is 808. The summed E-state index contributed by atoms with van der Waals surface area (Å²) in [7, 11) is 0. The topological polar surface area (TPSA) is 29.9 Å². The first kappa shape index (κ1) is 14.5. The average Bonchev–Trinajstić information content (AvgIpc) is 3.10. The van der Waals surface area contributed by atoms with E-state index in [0.717, 1.165) is 43.7 Å². The summed E-state index contributed by atoms with van der Waals surface area (Å²) >= 11 is 1.74. The SMILES string of the molecule is Fc1ccccc1-n1nc(Cc2cccs2)c2c1NCCCC2. The van der Waals surface area contributed by atoms with Gasteiger partial charge in [-0.2, -0.15) is 5.10 Å². The van der Waals surface area contributed by atoms with Crippen molar-refractivity contribution in [2.24, 2.45) is 0 Å². The van der Waals surface area contributed by atoms with Gasteiger partial charge in [0.25, 0.3) is 0 Å². The average molecular weight is 327 g/mol. The molecule has 5 heteroatoms. The third-order valence-electron chi connectivity index (χ3n) is 4.22. The van der Waals surface area contributed by atoms with Crippen LogP contribution < -0.4 is 5.32 Å². The van der Waals surface area contributed by atoms with Crippen LogP contribution in [0.5, 0.6) is 0 Å². The van der Waals surface area contributed by atoms with Gasteiger partial charge in [-0.15, -0.1) is 11.3 Å². The van der Waals surface area contributed by atoms with E-state index >= 15 is 0 Å². The normalized spacial score (nSPS) is 14.1. The zero-order valence-corrected chi connectivity index (χ0v) is 13.6. The zero-order valence-electron chi connectivity index (χ0n) is 12.8. The molecule has 0 radical (unpaired) electrons. The Balaban J connectivity index is 1.83. The lowest BCUT2D eigenvalue weighted by Crippen LogP contribution is -2.08. The minimum absolute atomic E-state index is 0.244. The van der Waals surface area contributed by atoms with Gasteiger partial charge in [-0.05, 0) is 42.8 Å². The van der Waals surface area contributed by atoms with Crippen molar-refractivity contribution in [1.29, 1.82) is 0 Å². The van der Waals surface area contributed by atoms with Crippen LogP contribution in [0.4, 0.5) is 10.2 Å². The molecule has 0 bridgehead atoms. The van der Waals surface area contributed by atoms with Crippen molar-refractivity contribution < 1.29 is 4.39 Å². The summed E-state index contributed by atoms with van der Waals surface area (Å²) in [5.74, 6) is 0.714. The second kappa shape index (κ2) is 6.16. The Morgan fingerprint density at radius 2 is 2.09 bits per heavy atom. The number of hydrogen-bond donors (Lipinski definition) is 1. The Kier molecular flexibility index (Phi) is 3.87. The zero-order chi connectivity index (χ0) is 15.6. The van der Waals surface area contributed by atoms with Gasteiger partial charge >= 0.3 is 0 Å². The minimum Gasteiger partial charge on any atom is -0.370 e. The van der Waals surface area contributed by atoms with E-state index < -0.39 is 0 Å². The maximum atomic E-state index is 14.2. The molecule has 1 aliphatic rings. The second-order valence-corrected chi connectivity index (χ2v) is 6.81. The number of nitrogens with one attached hydrogen (secondary N) is 1. The Morgan fingerprint density at radius 3 is 2.91 bits per heavy atom. The van der Waals surface area contributed by atoms with Crippen LogP contribution in [-0.2, 0) is 12.8 Å². The van der Waals surface area contributed by atoms with Crippen LogP contribution in [0.15, 0.2) is 41.8 Å². The van der Waals surface area contributed by atoms with E-state index in [1.54, 1.807) is 28.2 Å². The van der Waals surface area contributed by atoms with Crippen LogP contribution in [0.2, 0.25) is 0 Å². The Labute approximate surface area is 138 Å². The molecule has 3 nitrogen and oxygen atoms in total. The Hall–Kier alpha value is -2.14. The van der Waals surface area contributed by atoms with Crippen molar-refractivity contribution >= 4 is 17.2 Å². The molecule has 2 aromatic heterocycles. The van der Waals surface area contributed by atoms with E-state index in [1.165, 1.54) is 16.5 Å². The molecule has 0 atom stereocenters. The summed E-state index contributed by atoms with van der Waals surface area (Å²) in [6.45, 7) is 0.908. The summed E-state index contributed by atoms with van der Waals surface area (Å²) in [6.07, 6.45) is 4.07. The maximum absolute atomic E-state index is 14.2. The lowest BCUT2D eigenvalue weighted by molar-refractivity contribution is 0.610. The molecule has 23 heavy (non-hydrogen) atoms. The first-order valence-corrected chi connectivity index (χ1v) is 8.83. The molecular formula is C18H18FN3S. The molecule has 4 rings (SSSR count). The molecular weight excluding hydrogens is 309 g/mol. The van der Waals surface area contributed by atoms with Gasteiger partial charge in [-0.1, -0.05) is 18.2 Å². The highest BCUT2D eigenvalue weighted by Gasteiger charge is 2.22. The molecule has 0 spiro atoms. The van der Waals surface area contributed by atoms with E-state index in [2.05, 4.69) is 22.8 Å². The van der Waals surface area contributed by atoms with E-state index in [1.807, 2.05) is 6.07 Å². The molecule has 0 amide bonds. The fraction of sp³-hybridized carbons (Fsp3) is 0.278. The van der Waals surface area contributed by atoms with Crippen molar-refractivity contribution in [2.45, 2.75) is 25.7 Å². The third-order valence-corrected chi connectivity index (χ3v) is 5.09. The highest BCUT2D eigenvalue weighted by molar-refractivity contribution is 7.09. The van der Waals surface area contributed by atoms with E-state index in [-0.39, 0.29) is 5.82 Å². The smallest absolute Gasteiger partial charge is 0.148 e. The quantitative estimate of drug-likeness (QED) is 0.772. The summed E-state index contributed by atoms with van der Waals surface area (Å²) in [6, 6.07) is 11.0. The van der Waals surface area contributed by atoms with E-state index in [9.17, 15) is 4.39 Å². The molecule has 0 fully saturated rings. The molecule has 0 unspecified atom stereocenters. The number of nitrogens with zero attached hydrogens (tertiary/aromatic N) is 2. The van der Waals surface area contributed by atoms with Gasteiger partial charge in [0.15, 0.2) is 0 Å². The van der Waals surface area contributed by atoms with Gasteiger partial charge in [0, 0.05) is 23.4 Å². The van der Waals surface area contributed by atoms with E-state index in [0.29, 0.717) is 5.69 Å². The molecule has 0 saturated carbocycles. The molecule has 118 valence electrons. The first-order valence-electron chi connectivity index (χ1n) is 7.95. The van der Waals surface area contributed by atoms with Gasteiger partial charge < -0.3 is 5.32 Å². The number of halogens is 1. The fourth-order valence-corrected chi connectivity index (χ4v) is 3.80. The van der Waals surface area contributed by atoms with Crippen LogP contribution in [-0.4, -0.2) is 16.3 Å². The highest BCUT2D eigenvalue weighted by Crippen LogP contribution is 2.30. The molecule has 1 aliphatic heterocycles. The summed E-state index contributed by atoms with van der Waals surface area (Å²) in [5.41, 5.74) is 2.80. The highest BCUT2D eigenvalue weighted by atomic mass is 32.1. The van der Waals surface area contributed by atoms with E-state index in [4.69, 9.17) is 5.10 Å². The molecule has 0 saturated heterocycles. The number of fused-ring (bicyclic) bond motifs is 1. The largest absolute Gasteiger partial charge is 0.370 e. The third kappa shape index (κ3) is 2.77. The minimum atomic E-state index is -0.244. The lowest BCUT2D eigenvalue weighted by Gasteiger charge is -2.09. The number of rotatable bonds is 3. The van der Waals surface area contributed by atoms with Crippen LogP contribution in [0.1, 0.15) is 29.0 Å². The summed E-state index contributed by atoms with van der Waals surface area (Å²) < 4.78 is 16.0. The number of aromatic nitrogens is 2. The number of anilines is 1. The number of benzene rings is 1. The van der Waals surface area contributed by atoms with Gasteiger partial charge in [0.2, 0.25) is 0 Å². The number of thiophene rings is 1. The van der Waals surface area contributed by atoms with Gasteiger partial charge in [-0.3, -0.25) is 0 Å². The number of para-hydroxylation sites is 1. The van der Waals surface area contributed by atoms with Crippen LogP contribution in [0.3, 0.4) is 0 Å². The molecule has 0 aliphatic carbocycles. The van der Waals surface area contributed by atoms with Crippen LogP contribution in [0.25, 0.3) is 5.69 Å². The van der Waals surface area contributed by atoms with Crippen LogP contribution in [0, 0.1) is 5.82 Å². The molecule has 3 heterocycles. The molecule has 3 aromatic rings.